The molecule has 0 aliphatic carbocycles. The second-order valence-corrected chi connectivity index (χ2v) is 4.96. The fraction of sp³-hybridized carbons (Fsp3) is 0.0667. The number of aromatic nitrogens is 1. The Morgan fingerprint density at radius 3 is 2.86 bits per heavy atom. The molecule has 3 aromatic rings. The van der Waals surface area contributed by atoms with Crippen LogP contribution in [-0.4, -0.2) is 10.8 Å². The third kappa shape index (κ3) is 2.15. The normalized spacial score (nSPS) is 11.0. The van der Waals surface area contributed by atoms with Gasteiger partial charge in [0.1, 0.15) is 17.0 Å². The average molecular weight is 305 g/mol. The highest BCUT2D eigenvalue weighted by Crippen LogP contribution is 2.33. The van der Waals surface area contributed by atoms with E-state index in [1.54, 1.807) is 24.3 Å². The lowest BCUT2D eigenvalue weighted by Gasteiger charge is -2.10. The lowest BCUT2D eigenvalue weighted by molar-refractivity contribution is 0.101. The van der Waals surface area contributed by atoms with E-state index in [1.165, 1.54) is 13.2 Å². The van der Waals surface area contributed by atoms with Crippen LogP contribution in [0.3, 0.4) is 0 Å². The van der Waals surface area contributed by atoms with Crippen LogP contribution in [0.15, 0.2) is 34.9 Å². The summed E-state index contributed by atoms with van der Waals surface area (Å²) in [6, 6.07) is 6.88. The van der Waals surface area contributed by atoms with Crippen molar-refractivity contribution in [2.45, 2.75) is 6.92 Å². The number of hydrogen-bond donors (Lipinski definition) is 1. The van der Waals surface area contributed by atoms with Gasteiger partial charge in [-0.1, -0.05) is 23.7 Å². The van der Waals surface area contributed by atoms with Crippen molar-refractivity contribution in [1.82, 2.24) is 4.98 Å². The van der Waals surface area contributed by atoms with Crippen LogP contribution >= 0.6 is 11.6 Å². The molecule has 21 heavy (non-hydrogen) atoms. The number of Topliss-reactive ketones (excluding diaryl/α,β-unsaturated/α-hetero) is 1. The number of halogens is 2. The molecule has 6 heteroatoms. The summed E-state index contributed by atoms with van der Waals surface area (Å²) in [5, 5.41) is 0.718. The Balaban J connectivity index is 2.28. The summed E-state index contributed by atoms with van der Waals surface area (Å²) in [5.41, 5.74) is 6.31. The molecule has 0 bridgehead atoms. The molecule has 0 amide bonds. The number of ketones is 1. The number of hydrogen-bond acceptors (Lipinski definition) is 4. The monoisotopic (exact) mass is 304 g/mol. The molecule has 1 aromatic carbocycles. The number of anilines is 1. The number of carbonyl (C=O) groups excluding carboxylic acids is 1. The Bertz CT molecular complexity index is 873. The molecule has 0 saturated heterocycles. The first-order chi connectivity index (χ1) is 9.99. The van der Waals surface area contributed by atoms with Gasteiger partial charge in [0, 0.05) is 17.9 Å². The van der Waals surface area contributed by atoms with Gasteiger partial charge in [-0.3, -0.25) is 4.79 Å². The molecular formula is C15H10ClFN2O2. The van der Waals surface area contributed by atoms with Crippen LogP contribution in [0.4, 0.5) is 10.1 Å². The minimum Gasteiger partial charge on any atom is -0.464 e. The first-order valence-corrected chi connectivity index (χ1v) is 6.50. The number of benzene rings is 1. The van der Waals surface area contributed by atoms with E-state index in [4.69, 9.17) is 21.8 Å². The molecule has 0 fully saturated rings. The van der Waals surface area contributed by atoms with E-state index >= 15 is 0 Å². The zero-order valence-electron chi connectivity index (χ0n) is 11.0. The number of furan rings is 1. The number of nitrogen functional groups attached to an aromatic ring is 1. The molecule has 0 aliphatic rings. The molecule has 0 atom stereocenters. The van der Waals surface area contributed by atoms with Crippen molar-refractivity contribution in [3.05, 3.63) is 47.1 Å². The largest absolute Gasteiger partial charge is 0.464 e. The molecule has 2 heterocycles. The highest BCUT2D eigenvalue weighted by atomic mass is 35.5. The Morgan fingerprint density at radius 2 is 2.14 bits per heavy atom. The molecule has 2 N–H and O–H groups in total. The summed E-state index contributed by atoms with van der Waals surface area (Å²) in [6.45, 7) is 1.30. The molecule has 0 radical (unpaired) electrons. The number of pyridine rings is 1. The molecular weight excluding hydrogens is 295 g/mol. The summed E-state index contributed by atoms with van der Waals surface area (Å²) in [4.78, 5) is 15.6. The van der Waals surface area contributed by atoms with E-state index in [0.717, 1.165) is 5.39 Å². The maximum absolute atomic E-state index is 14.3. The maximum Gasteiger partial charge on any atom is 0.179 e. The van der Waals surface area contributed by atoms with Crippen LogP contribution in [0.25, 0.3) is 22.2 Å². The van der Waals surface area contributed by atoms with Gasteiger partial charge in [-0.25, -0.2) is 9.37 Å². The van der Waals surface area contributed by atoms with Crippen molar-refractivity contribution < 1.29 is 13.6 Å². The highest BCUT2D eigenvalue weighted by molar-refractivity contribution is 6.36. The van der Waals surface area contributed by atoms with Gasteiger partial charge >= 0.3 is 0 Å². The summed E-state index contributed by atoms with van der Waals surface area (Å²) < 4.78 is 19.6. The zero-order valence-corrected chi connectivity index (χ0v) is 11.7. The van der Waals surface area contributed by atoms with Gasteiger partial charge in [0.15, 0.2) is 11.6 Å². The third-order valence-corrected chi connectivity index (χ3v) is 3.56. The van der Waals surface area contributed by atoms with Crippen LogP contribution in [-0.2, 0) is 0 Å². The molecule has 0 aliphatic heterocycles. The number of rotatable bonds is 2. The average Bonchev–Trinajstić information content (AvgIpc) is 2.92. The first-order valence-electron chi connectivity index (χ1n) is 6.12. The van der Waals surface area contributed by atoms with E-state index in [9.17, 15) is 9.18 Å². The molecule has 106 valence electrons. The van der Waals surface area contributed by atoms with Crippen LogP contribution in [0.5, 0.6) is 0 Å². The zero-order chi connectivity index (χ0) is 15.1. The van der Waals surface area contributed by atoms with Crippen molar-refractivity contribution in [3.63, 3.8) is 0 Å². The Morgan fingerprint density at radius 1 is 1.38 bits per heavy atom. The minimum absolute atomic E-state index is 0.0274. The molecule has 4 nitrogen and oxygen atoms in total. The molecule has 0 saturated carbocycles. The fourth-order valence-electron chi connectivity index (χ4n) is 2.09. The lowest BCUT2D eigenvalue weighted by atomic mass is 10.1. The fourth-order valence-corrected chi connectivity index (χ4v) is 2.35. The van der Waals surface area contributed by atoms with Crippen molar-refractivity contribution in [3.8, 4) is 11.3 Å². The minimum atomic E-state index is -0.754. The first kappa shape index (κ1) is 13.6. The van der Waals surface area contributed by atoms with Crippen LogP contribution in [0.2, 0.25) is 5.02 Å². The number of nitrogens with zero attached hydrogens (tertiary/aromatic N) is 1. The second-order valence-electron chi connectivity index (χ2n) is 4.58. The van der Waals surface area contributed by atoms with Gasteiger partial charge < -0.3 is 10.2 Å². The van der Waals surface area contributed by atoms with Crippen molar-refractivity contribution in [2.75, 3.05) is 5.73 Å². The van der Waals surface area contributed by atoms with Crippen molar-refractivity contribution in [1.29, 1.82) is 0 Å². The van der Waals surface area contributed by atoms with Crippen LogP contribution < -0.4 is 5.73 Å². The Kier molecular flexibility index (Phi) is 3.14. The van der Waals surface area contributed by atoms with E-state index in [1.807, 2.05) is 0 Å². The van der Waals surface area contributed by atoms with Gasteiger partial charge in [0.25, 0.3) is 0 Å². The van der Waals surface area contributed by atoms with E-state index < -0.39 is 5.82 Å². The van der Waals surface area contributed by atoms with E-state index in [0.29, 0.717) is 11.1 Å². The predicted octanol–water partition coefficient (Wildman–Crippen LogP) is 4.07. The molecule has 3 rings (SSSR count). The maximum atomic E-state index is 14.3. The summed E-state index contributed by atoms with van der Waals surface area (Å²) in [5.74, 6) is -1.14. The second kappa shape index (κ2) is 4.86. The summed E-state index contributed by atoms with van der Waals surface area (Å²) in [7, 11) is 0. The predicted molar refractivity (Wildman–Crippen MR) is 78.8 cm³/mol. The molecule has 0 unspecified atom stereocenters. The Labute approximate surface area is 124 Å². The third-order valence-electron chi connectivity index (χ3n) is 3.18. The smallest absolute Gasteiger partial charge is 0.179 e. The van der Waals surface area contributed by atoms with Crippen molar-refractivity contribution in [2.24, 2.45) is 0 Å². The number of carbonyl (C=O) groups is 1. The molecule has 2 aromatic heterocycles. The SMILES string of the molecule is CC(=O)c1nc(-c2ccc3ccoc3c2)c(F)c(N)c1Cl. The topological polar surface area (TPSA) is 69.1 Å². The van der Waals surface area contributed by atoms with Crippen LogP contribution in [0.1, 0.15) is 17.4 Å². The van der Waals surface area contributed by atoms with Gasteiger partial charge in [-0.05, 0) is 12.1 Å². The van der Waals surface area contributed by atoms with Crippen LogP contribution in [0, 0.1) is 5.82 Å². The molecule has 0 spiro atoms. The number of fused-ring (bicyclic) bond motifs is 1. The highest BCUT2D eigenvalue weighted by Gasteiger charge is 2.20. The van der Waals surface area contributed by atoms with Gasteiger partial charge in [-0.15, -0.1) is 0 Å². The summed E-state index contributed by atoms with van der Waals surface area (Å²) in [6.07, 6.45) is 1.54. The van der Waals surface area contributed by atoms with Gasteiger partial charge in [0.05, 0.1) is 17.0 Å². The van der Waals surface area contributed by atoms with E-state index in [-0.39, 0.29) is 27.9 Å². The van der Waals surface area contributed by atoms with E-state index in [2.05, 4.69) is 4.98 Å². The Hall–Kier alpha value is -2.40. The van der Waals surface area contributed by atoms with Crippen molar-refractivity contribution >= 4 is 34.0 Å². The standard InChI is InChI=1S/C15H10ClFN2O2/c1-7(20)14-11(16)13(18)12(17)15(19-14)9-3-2-8-4-5-21-10(8)6-9/h2-6H,1H3,(H2,18,19). The number of nitrogens with two attached hydrogens (primary N) is 1. The summed E-state index contributed by atoms with van der Waals surface area (Å²) >= 11 is 5.86. The van der Waals surface area contributed by atoms with Gasteiger partial charge in [-0.2, -0.15) is 0 Å². The lowest BCUT2D eigenvalue weighted by Crippen LogP contribution is -2.06. The quantitative estimate of drug-likeness (QED) is 0.724. The van der Waals surface area contributed by atoms with Gasteiger partial charge in [0.2, 0.25) is 0 Å².